The highest BCUT2D eigenvalue weighted by Gasteiger charge is 2.77. The number of benzene rings is 4. The topological polar surface area (TPSA) is 74.8 Å². The second-order valence-corrected chi connectivity index (χ2v) is 11.5. The molecule has 2 fully saturated rings. The summed E-state index contributed by atoms with van der Waals surface area (Å²) in [4.78, 5) is 49.5. The molecule has 4 aliphatic rings. The van der Waals surface area contributed by atoms with Crippen molar-refractivity contribution in [3.8, 4) is 22.3 Å². The summed E-state index contributed by atoms with van der Waals surface area (Å²) in [5, 5.41) is 0. The van der Waals surface area contributed by atoms with Crippen LogP contribution in [-0.2, 0) is 24.6 Å². The first-order chi connectivity index (χ1) is 22.0. The molecule has 4 aromatic rings. The predicted molar refractivity (Wildman–Crippen MR) is 148 cm³/mol. The maximum atomic E-state index is 14.3. The lowest BCUT2D eigenvalue weighted by Gasteiger charge is -2.31. The molecule has 1 spiro atoms. The molecule has 14 heteroatoms. The molecule has 0 unspecified atom stereocenters. The average Bonchev–Trinajstić information content (AvgIpc) is 3.58. The fourth-order valence-corrected chi connectivity index (χ4v) is 7.15. The van der Waals surface area contributed by atoms with Crippen LogP contribution >= 0.6 is 0 Å². The zero-order valence-electron chi connectivity index (χ0n) is 23.1. The van der Waals surface area contributed by atoms with Crippen LogP contribution in [0.4, 0.5) is 46.5 Å². The zero-order valence-corrected chi connectivity index (χ0v) is 23.1. The van der Waals surface area contributed by atoms with Gasteiger partial charge in [-0.2, -0.15) is 35.1 Å². The maximum Gasteiger partial charge on any atom is 0.396 e. The van der Waals surface area contributed by atoms with E-state index in [0.29, 0.717) is 33.4 Å². The van der Waals surface area contributed by atoms with E-state index in [9.17, 15) is 54.3 Å². The first-order valence-corrected chi connectivity index (χ1v) is 13.8. The molecular formula is C33H14F8N2O4. The predicted octanol–water partition coefficient (Wildman–Crippen LogP) is 6.32. The van der Waals surface area contributed by atoms with Gasteiger partial charge in [0, 0.05) is 0 Å². The lowest BCUT2D eigenvalue weighted by molar-refractivity contribution is -0.192. The van der Waals surface area contributed by atoms with E-state index in [4.69, 9.17) is 0 Å². The van der Waals surface area contributed by atoms with Crippen molar-refractivity contribution in [1.29, 1.82) is 0 Å². The second-order valence-electron chi connectivity index (χ2n) is 11.5. The van der Waals surface area contributed by atoms with E-state index in [2.05, 4.69) is 0 Å². The monoisotopic (exact) mass is 654 g/mol. The van der Waals surface area contributed by atoms with Crippen LogP contribution in [0.1, 0.15) is 22.3 Å². The summed E-state index contributed by atoms with van der Waals surface area (Å²) in [5.41, 5.74) is 0.400. The summed E-state index contributed by atoms with van der Waals surface area (Å²) >= 11 is 0. The van der Waals surface area contributed by atoms with Crippen LogP contribution in [0.15, 0.2) is 84.9 Å². The van der Waals surface area contributed by atoms with Gasteiger partial charge >= 0.3 is 47.3 Å². The fourth-order valence-electron chi connectivity index (χ4n) is 7.15. The number of imide groups is 2. The number of hydrogen-bond donors (Lipinski definition) is 0. The number of rotatable bonds is 2. The number of hydrogen-bond acceptors (Lipinski definition) is 4. The molecule has 8 rings (SSSR count). The summed E-state index contributed by atoms with van der Waals surface area (Å²) in [7, 11) is 0. The maximum absolute atomic E-state index is 14.3. The van der Waals surface area contributed by atoms with Crippen molar-refractivity contribution < 1.29 is 54.3 Å². The van der Waals surface area contributed by atoms with Crippen molar-refractivity contribution in [1.82, 2.24) is 0 Å². The van der Waals surface area contributed by atoms with Crippen LogP contribution in [-0.4, -0.2) is 47.3 Å². The standard InChI is InChI=1S/C33H14F8N2O4/c34-30(35)25(44)42(26(45)31(30,36)37)15-9-11-19-17-5-1-3-7-21(17)29(23(19)13-15)22-8-4-2-6-18(22)20-12-10-16(14-24(20)29)43-27(46)32(38,39)33(40,41)28(43)47/h1-14H. The summed E-state index contributed by atoms with van der Waals surface area (Å²) in [6.07, 6.45) is 0. The molecule has 0 aromatic heterocycles. The normalized spacial score (nSPS) is 21.7. The Hall–Kier alpha value is -5.40. The smallest absolute Gasteiger partial charge is 0.267 e. The Morgan fingerprint density at radius 3 is 1.02 bits per heavy atom. The number of alkyl halides is 8. The minimum absolute atomic E-state index is 0.174. The minimum Gasteiger partial charge on any atom is -0.267 e. The molecular weight excluding hydrogens is 640 g/mol. The van der Waals surface area contributed by atoms with E-state index in [1.54, 1.807) is 48.5 Å². The lowest BCUT2D eigenvalue weighted by atomic mass is 9.70. The molecule has 0 bridgehead atoms. The van der Waals surface area contributed by atoms with Gasteiger partial charge in [0.25, 0.3) is 0 Å². The first-order valence-electron chi connectivity index (χ1n) is 13.8. The number of halogens is 8. The van der Waals surface area contributed by atoms with Gasteiger partial charge in [0.15, 0.2) is 0 Å². The third-order valence-electron chi connectivity index (χ3n) is 9.25. The Kier molecular flexibility index (Phi) is 5.24. The fraction of sp³-hybridized carbons (Fsp3) is 0.152. The number of carbonyl (C=O) groups is 4. The SMILES string of the molecule is O=C1N(c2ccc3c(c2)C2(c4ccccc4-3)c3ccccc3-c3ccc(N4C(=O)C(F)(F)C(F)(F)C4=O)cc32)C(=O)C(F)(F)C1(F)F. The molecule has 0 radical (unpaired) electrons. The molecule has 2 heterocycles. The number of nitrogens with zero attached hydrogens (tertiary/aromatic N) is 2. The highest BCUT2D eigenvalue weighted by molar-refractivity contribution is 6.28. The van der Waals surface area contributed by atoms with E-state index in [0.717, 1.165) is 24.3 Å². The summed E-state index contributed by atoms with van der Waals surface area (Å²) in [6.45, 7) is 0. The van der Waals surface area contributed by atoms with Gasteiger partial charge in [0.2, 0.25) is 0 Å². The van der Waals surface area contributed by atoms with Gasteiger partial charge in [-0.1, -0.05) is 60.7 Å². The Morgan fingerprint density at radius 1 is 0.383 bits per heavy atom. The van der Waals surface area contributed by atoms with Gasteiger partial charge in [-0.15, -0.1) is 0 Å². The van der Waals surface area contributed by atoms with Gasteiger partial charge < -0.3 is 0 Å². The molecule has 0 N–H and O–H groups in total. The largest absolute Gasteiger partial charge is 0.396 e. The van der Waals surface area contributed by atoms with Crippen LogP contribution in [0, 0.1) is 0 Å². The first kappa shape index (κ1) is 29.0. The molecule has 2 saturated heterocycles. The highest BCUT2D eigenvalue weighted by atomic mass is 19.3. The van der Waals surface area contributed by atoms with Crippen LogP contribution < -0.4 is 9.80 Å². The average molecular weight is 654 g/mol. The van der Waals surface area contributed by atoms with E-state index >= 15 is 0 Å². The van der Waals surface area contributed by atoms with Crippen molar-refractivity contribution in [2.75, 3.05) is 9.80 Å². The van der Waals surface area contributed by atoms with Gasteiger partial charge in [-0.05, 0) is 68.8 Å². The van der Waals surface area contributed by atoms with Crippen LogP contribution in [0.2, 0.25) is 0 Å². The van der Waals surface area contributed by atoms with E-state index < -0.39 is 64.1 Å². The lowest BCUT2D eigenvalue weighted by Crippen LogP contribution is -2.43. The summed E-state index contributed by atoms with van der Waals surface area (Å²) < 4.78 is 115. The van der Waals surface area contributed by atoms with Crippen molar-refractivity contribution in [3.05, 3.63) is 107 Å². The molecule has 2 aliphatic heterocycles. The van der Waals surface area contributed by atoms with E-state index in [-0.39, 0.29) is 20.9 Å². The van der Waals surface area contributed by atoms with Crippen LogP contribution in [0.3, 0.4) is 0 Å². The molecule has 236 valence electrons. The molecule has 6 nitrogen and oxygen atoms in total. The Morgan fingerprint density at radius 2 is 0.681 bits per heavy atom. The molecule has 0 atom stereocenters. The Bertz CT molecular complexity index is 1970. The van der Waals surface area contributed by atoms with Crippen molar-refractivity contribution >= 4 is 35.0 Å². The molecule has 47 heavy (non-hydrogen) atoms. The van der Waals surface area contributed by atoms with Crippen LogP contribution in [0.25, 0.3) is 22.3 Å². The highest BCUT2D eigenvalue weighted by Crippen LogP contribution is 2.64. The Labute approximate surface area is 257 Å². The van der Waals surface area contributed by atoms with Crippen molar-refractivity contribution in [2.24, 2.45) is 0 Å². The van der Waals surface area contributed by atoms with Crippen LogP contribution in [0.5, 0.6) is 0 Å². The van der Waals surface area contributed by atoms with Crippen molar-refractivity contribution in [2.45, 2.75) is 29.1 Å². The van der Waals surface area contributed by atoms with Gasteiger partial charge in [-0.3, -0.25) is 19.2 Å². The van der Waals surface area contributed by atoms with E-state index in [1.807, 2.05) is 0 Å². The van der Waals surface area contributed by atoms with E-state index in [1.165, 1.54) is 12.1 Å². The third-order valence-corrected chi connectivity index (χ3v) is 9.25. The third kappa shape index (κ3) is 3.06. The number of carbonyl (C=O) groups excluding carboxylic acids is 4. The van der Waals surface area contributed by atoms with Crippen molar-refractivity contribution in [3.63, 3.8) is 0 Å². The number of anilines is 2. The van der Waals surface area contributed by atoms with Gasteiger partial charge in [0.05, 0.1) is 16.8 Å². The number of fused-ring (bicyclic) bond motifs is 10. The quantitative estimate of drug-likeness (QED) is 0.162. The molecule has 0 saturated carbocycles. The minimum atomic E-state index is -5.33. The van der Waals surface area contributed by atoms with Gasteiger partial charge in [-0.25, -0.2) is 9.80 Å². The summed E-state index contributed by atoms with van der Waals surface area (Å²) in [6, 6.07) is 20.3. The second kappa shape index (κ2) is 8.49. The Balaban J connectivity index is 1.42. The van der Waals surface area contributed by atoms with Gasteiger partial charge in [0.1, 0.15) is 0 Å². The number of amides is 4. The zero-order chi connectivity index (χ0) is 33.6. The molecule has 4 aromatic carbocycles. The molecule has 2 aliphatic carbocycles. The molecule has 4 amide bonds. The summed E-state index contributed by atoms with van der Waals surface area (Å²) in [5.74, 6) is -31.1.